The van der Waals surface area contributed by atoms with Crippen molar-refractivity contribution in [2.75, 3.05) is 0 Å². The number of carbonyl (C=O) groups excluding carboxylic acids is 1. The summed E-state index contributed by atoms with van der Waals surface area (Å²) in [5, 5.41) is 0. The molecule has 0 heterocycles. The zero-order valence-electron chi connectivity index (χ0n) is 13.5. The Morgan fingerprint density at radius 1 is 1.21 bits per heavy atom. The molecule has 0 bridgehead atoms. The minimum Gasteiger partial charge on any atom is -0.458 e. The summed E-state index contributed by atoms with van der Waals surface area (Å²) in [6, 6.07) is 0. The second-order valence-corrected chi connectivity index (χ2v) is 7.09. The van der Waals surface area contributed by atoms with Crippen molar-refractivity contribution in [2.45, 2.75) is 79.2 Å². The normalized spacial score (nSPS) is 22.4. The highest BCUT2D eigenvalue weighted by Gasteiger charge is 2.47. The van der Waals surface area contributed by atoms with Gasteiger partial charge < -0.3 is 4.74 Å². The molecule has 0 aliphatic heterocycles. The van der Waals surface area contributed by atoms with Gasteiger partial charge in [-0.15, -0.1) is 0 Å². The monoisotopic (exact) mass is 266 g/mol. The maximum Gasteiger partial charge on any atom is 0.316 e. The SMILES string of the molecule is C/C=C\C(C)(C(=O)OC1(CC)CCCC1)C(C)(C)C. The predicted octanol–water partition coefficient (Wildman–Crippen LogP) is 4.88. The summed E-state index contributed by atoms with van der Waals surface area (Å²) in [5.41, 5.74) is -0.915. The van der Waals surface area contributed by atoms with Crippen LogP contribution in [0.3, 0.4) is 0 Å². The minimum atomic E-state index is -0.563. The third kappa shape index (κ3) is 3.21. The highest BCUT2D eigenvalue weighted by atomic mass is 16.6. The average Bonchev–Trinajstić information content (AvgIpc) is 2.77. The Morgan fingerprint density at radius 3 is 2.11 bits per heavy atom. The third-order valence-corrected chi connectivity index (χ3v) is 4.95. The molecule has 1 atom stereocenters. The molecule has 0 aromatic rings. The van der Waals surface area contributed by atoms with E-state index in [1.54, 1.807) is 0 Å². The second-order valence-electron chi connectivity index (χ2n) is 7.09. The van der Waals surface area contributed by atoms with E-state index < -0.39 is 5.41 Å². The van der Waals surface area contributed by atoms with Gasteiger partial charge in [-0.1, -0.05) is 39.8 Å². The lowest BCUT2D eigenvalue weighted by Gasteiger charge is -2.40. The number of rotatable bonds is 4. The Kier molecular flexibility index (Phi) is 4.86. The fourth-order valence-corrected chi connectivity index (χ4v) is 2.81. The van der Waals surface area contributed by atoms with Gasteiger partial charge in [0.2, 0.25) is 0 Å². The van der Waals surface area contributed by atoms with Crippen LogP contribution in [-0.2, 0) is 9.53 Å². The molecule has 2 heteroatoms. The van der Waals surface area contributed by atoms with E-state index in [0.29, 0.717) is 0 Å². The van der Waals surface area contributed by atoms with E-state index >= 15 is 0 Å². The lowest BCUT2D eigenvalue weighted by Crippen LogP contribution is -2.44. The Labute approximate surface area is 118 Å². The van der Waals surface area contributed by atoms with Crippen molar-refractivity contribution in [1.29, 1.82) is 0 Å². The summed E-state index contributed by atoms with van der Waals surface area (Å²) in [6.07, 6.45) is 9.27. The molecule has 1 rings (SSSR count). The van der Waals surface area contributed by atoms with E-state index in [9.17, 15) is 4.79 Å². The number of ether oxygens (including phenoxy) is 1. The lowest BCUT2D eigenvalue weighted by molar-refractivity contribution is -0.174. The standard InChI is InChI=1S/C17H30O2/c1-7-11-16(6,15(3,4)5)14(18)19-17(8-2)12-9-10-13-17/h7,11H,8-10,12-13H2,1-6H3/b11-7-. The summed E-state index contributed by atoms with van der Waals surface area (Å²) in [6.45, 7) is 12.4. The molecule has 1 unspecified atom stereocenters. The molecule has 0 aromatic heterocycles. The molecule has 0 amide bonds. The first-order chi connectivity index (χ1) is 8.71. The van der Waals surface area contributed by atoms with Crippen molar-refractivity contribution in [3.8, 4) is 0 Å². The number of hydrogen-bond donors (Lipinski definition) is 0. The van der Waals surface area contributed by atoms with Crippen LogP contribution >= 0.6 is 0 Å². The smallest absolute Gasteiger partial charge is 0.316 e. The van der Waals surface area contributed by atoms with E-state index in [1.165, 1.54) is 12.8 Å². The maximum atomic E-state index is 12.7. The van der Waals surface area contributed by atoms with E-state index in [1.807, 2.05) is 26.0 Å². The van der Waals surface area contributed by atoms with Crippen LogP contribution < -0.4 is 0 Å². The van der Waals surface area contributed by atoms with Crippen molar-refractivity contribution in [3.05, 3.63) is 12.2 Å². The summed E-state index contributed by atoms with van der Waals surface area (Å²) >= 11 is 0. The second kappa shape index (κ2) is 5.68. The van der Waals surface area contributed by atoms with Gasteiger partial charge in [-0.25, -0.2) is 0 Å². The first-order valence-corrected chi connectivity index (χ1v) is 7.58. The van der Waals surface area contributed by atoms with Crippen LogP contribution in [0.25, 0.3) is 0 Å². The number of allylic oxidation sites excluding steroid dienone is 1. The van der Waals surface area contributed by atoms with Crippen LogP contribution in [0.2, 0.25) is 0 Å². The van der Waals surface area contributed by atoms with Gasteiger partial charge in [-0.3, -0.25) is 4.79 Å². The van der Waals surface area contributed by atoms with Gasteiger partial charge in [0.1, 0.15) is 5.60 Å². The summed E-state index contributed by atoms with van der Waals surface area (Å²) < 4.78 is 6.00. The molecule has 2 nitrogen and oxygen atoms in total. The average molecular weight is 266 g/mol. The van der Waals surface area contributed by atoms with Crippen LogP contribution in [0.5, 0.6) is 0 Å². The highest BCUT2D eigenvalue weighted by molar-refractivity contribution is 5.80. The van der Waals surface area contributed by atoms with E-state index in [4.69, 9.17) is 4.74 Å². The minimum absolute atomic E-state index is 0.0677. The molecule has 0 aromatic carbocycles. The molecule has 1 aliphatic carbocycles. The van der Waals surface area contributed by atoms with Gasteiger partial charge in [-0.05, 0) is 51.4 Å². The number of carbonyl (C=O) groups is 1. The lowest BCUT2D eigenvalue weighted by atomic mass is 9.67. The molecule has 0 N–H and O–H groups in total. The van der Waals surface area contributed by atoms with Gasteiger partial charge in [0.25, 0.3) is 0 Å². The molecule has 1 fully saturated rings. The van der Waals surface area contributed by atoms with Gasteiger partial charge in [-0.2, -0.15) is 0 Å². The van der Waals surface area contributed by atoms with Crippen molar-refractivity contribution >= 4 is 5.97 Å². The van der Waals surface area contributed by atoms with E-state index in [2.05, 4.69) is 27.7 Å². The topological polar surface area (TPSA) is 26.3 Å². The maximum absolute atomic E-state index is 12.7. The van der Waals surface area contributed by atoms with Gasteiger partial charge in [0.05, 0.1) is 5.41 Å². The zero-order valence-corrected chi connectivity index (χ0v) is 13.5. The fourth-order valence-electron chi connectivity index (χ4n) is 2.81. The quantitative estimate of drug-likeness (QED) is 0.535. The van der Waals surface area contributed by atoms with Crippen LogP contribution in [0.15, 0.2) is 12.2 Å². The van der Waals surface area contributed by atoms with E-state index in [-0.39, 0.29) is 17.0 Å². The highest BCUT2D eigenvalue weighted by Crippen LogP contribution is 2.44. The van der Waals surface area contributed by atoms with Crippen molar-refractivity contribution in [3.63, 3.8) is 0 Å². The Hall–Kier alpha value is -0.790. The summed E-state index contributed by atoms with van der Waals surface area (Å²) in [7, 11) is 0. The summed E-state index contributed by atoms with van der Waals surface area (Å²) in [5.74, 6) is -0.0677. The molecule has 0 spiro atoms. The molecule has 110 valence electrons. The zero-order chi connectivity index (χ0) is 14.7. The molecule has 0 radical (unpaired) electrons. The Morgan fingerprint density at radius 2 is 1.74 bits per heavy atom. The fraction of sp³-hybridized carbons (Fsp3) is 0.824. The van der Waals surface area contributed by atoms with Gasteiger partial charge >= 0.3 is 5.97 Å². The Bertz CT molecular complexity index is 343. The third-order valence-electron chi connectivity index (χ3n) is 4.95. The van der Waals surface area contributed by atoms with E-state index in [0.717, 1.165) is 19.3 Å². The summed E-state index contributed by atoms with van der Waals surface area (Å²) in [4.78, 5) is 12.7. The van der Waals surface area contributed by atoms with Crippen LogP contribution in [0.4, 0.5) is 0 Å². The van der Waals surface area contributed by atoms with Gasteiger partial charge in [0.15, 0.2) is 0 Å². The van der Waals surface area contributed by atoms with Gasteiger partial charge in [0, 0.05) is 0 Å². The first kappa shape index (κ1) is 16.3. The first-order valence-electron chi connectivity index (χ1n) is 7.58. The molecular weight excluding hydrogens is 236 g/mol. The molecular formula is C17H30O2. The number of hydrogen-bond acceptors (Lipinski definition) is 2. The number of esters is 1. The largest absolute Gasteiger partial charge is 0.458 e. The van der Waals surface area contributed by atoms with Crippen LogP contribution in [0, 0.1) is 10.8 Å². The van der Waals surface area contributed by atoms with Crippen molar-refractivity contribution in [2.24, 2.45) is 10.8 Å². The van der Waals surface area contributed by atoms with Crippen molar-refractivity contribution < 1.29 is 9.53 Å². The van der Waals surface area contributed by atoms with Crippen LogP contribution in [0.1, 0.15) is 73.6 Å². The molecule has 19 heavy (non-hydrogen) atoms. The molecule has 1 aliphatic rings. The molecule has 0 saturated heterocycles. The van der Waals surface area contributed by atoms with Crippen LogP contribution in [-0.4, -0.2) is 11.6 Å². The Balaban J connectivity index is 2.96. The molecule has 1 saturated carbocycles. The van der Waals surface area contributed by atoms with Crippen molar-refractivity contribution in [1.82, 2.24) is 0 Å². The predicted molar refractivity (Wildman–Crippen MR) is 80.0 cm³/mol.